The maximum Gasteiger partial charge on any atom is 0.222 e. The second kappa shape index (κ2) is 9.72. The van der Waals surface area contributed by atoms with Crippen molar-refractivity contribution in [2.45, 2.75) is 26.2 Å². The zero-order chi connectivity index (χ0) is 18.1. The molecule has 1 amide bonds. The van der Waals surface area contributed by atoms with Gasteiger partial charge < -0.3 is 14.4 Å². The minimum absolute atomic E-state index is 0.137. The average molecular weight is 341 g/mol. The van der Waals surface area contributed by atoms with Crippen LogP contribution in [0.15, 0.2) is 48.5 Å². The lowest BCUT2D eigenvalue weighted by molar-refractivity contribution is -0.130. The molecule has 4 heteroatoms. The van der Waals surface area contributed by atoms with Gasteiger partial charge in [0.2, 0.25) is 5.91 Å². The summed E-state index contributed by atoms with van der Waals surface area (Å²) in [7, 11) is 3.45. The molecule has 2 aromatic rings. The highest BCUT2D eigenvalue weighted by Crippen LogP contribution is 2.16. The summed E-state index contributed by atoms with van der Waals surface area (Å²) >= 11 is 0. The van der Waals surface area contributed by atoms with Gasteiger partial charge >= 0.3 is 0 Å². The molecule has 0 aliphatic heterocycles. The van der Waals surface area contributed by atoms with E-state index in [1.807, 2.05) is 31.3 Å². The Morgan fingerprint density at radius 3 is 2.16 bits per heavy atom. The van der Waals surface area contributed by atoms with E-state index in [1.54, 1.807) is 12.0 Å². The van der Waals surface area contributed by atoms with Gasteiger partial charge in [0.25, 0.3) is 0 Å². The highest BCUT2D eigenvalue weighted by Gasteiger charge is 2.09. The topological polar surface area (TPSA) is 38.8 Å². The summed E-state index contributed by atoms with van der Waals surface area (Å²) in [5.74, 6) is 1.71. The molecule has 0 atom stereocenters. The first-order valence-electron chi connectivity index (χ1n) is 8.71. The predicted molar refractivity (Wildman–Crippen MR) is 100 cm³/mol. The van der Waals surface area contributed by atoms with E-state index >= 15 is 0 Å². The minimum atomic E-state index is 0.137. The second-order valence-electron chi connectivity index (χ2n) is 6.01. The molecule has 0 aliphatic carbocycles. The molecule has 0 bridgehead atoms. The number of hydrogen-bond acceptors (Lipinski definition) is 3. The summed E-state index contributed by atoms with van der Waals surface area (Å²) < 4.78 is 10.8. The van der Waals surface area contributed by atoms with Gasteiger partial charge in [0.1, 0.15) is 18.1 Å². The van der Waals surface area contributed by atoms with Crippen LogP contribution in [0.5, 0.6) is 11.5 Å². The molecule has 134 valence electrons. The number of likely N-dealkylation sites (N-methyl/N-ethyl adjacent to an activating group) is 1. The quantitative estimate of drug-likeness (QED) is 0.698. The summed E-state index contributed by atoms with van der Waals surface area (Å²) in [6.45, 7) is 3.18. The van der Waals surface area contributed by atoms with Crippen molar-refractivity contribution in [1.29, 1.82) is 0 Å². The van der Waals surface area contributed by atoms with Crippen LogP contribution in [0.25, 0.3) is 0 Å². The van der Waals surface area contributed by atoms with Gasteiger partial charge in [-0.15, -0.1) is 0 Å². The van der Waals surface area contributed by atoms with Crippen LogP contribution in [0.1, 0.15) is 24.5 Å². The lowest BCUT2D eigenvalue weighted by Gasteiger charge is -2.17. The Bertz CT molecular complexity index is 650. The smallest absolute Gasteiger partial charge is 0.222 e. The number of ether oxygens (including phenoxy) is 2. The molecule has 25 heavy (non-hydrogen) atoms. The summed E-state index contributed by atoms with van der Waals surface area (Å²) in [6.07, 6.45) is 2.33. The summed E-state index contributed by atoms with van der Waals surface area (Å²) in [5, 5.41) is 0. The van der Waals surface area contributed by atoms with Gasteiger partial charge in [-0.2, -0.15) is 0 Å². The number of rotatable bonds is 9. The van der Waals surface area contributed by atoms with Gasteiger partial charge in [0, 0.05) is 13.5 Å². The van der Waals surface area contributed by atoms with Gasteiger partial charge in [-0.25, -0.2) is 0 Å². The number of nitrogens with zero attached hydrogens (tertiary/aromatic N) is 1. The first kappa shape index (κ1) is 18.8. The molecule has 0 aliphatic rings. The summed E-state index contributed by atoms with van der Waals surface area (Å²) in [5.41, 5.74) is 2.52. The van der Waals surface area contributed by atoms with Crippen LogP contribution in [0, 0.1) is 0 Å². The van der Waals surface area contributed by atoms with E-state index in [-0.39, 0.29) is 5.91 Å². The van der Waals surface area contributed by atoms with E-state index in [0.717, 1.165) is 24.3 Å². The van der Waals surface area contributed by atoms with Crippen LogP contribution in [0.3, 0.4) is 0 Å². The molecule has 0 unspecified atom stereocenters. The Kier molecular flexibility index (Phi) is 7.33. The Hall–Kier alpha value is -2.49. The molecule has 0 N–H and O–H groups in total. The van der Waals surface area contributed by atoms with Gasteiger partial charge in [0.05, 0.1) is 13.7 Å². The van der Waals surface area contributed by atoms with Crippen molar-refractivity contribution in [2.75, 3.05) is 27.3 Å². The first-order chi connectivity index (χ1) is 12.1. The van der Waals surface area contributed by atoms with Gasteiger partial charge in [-0.1, -0.05) is 31.2 Å². The molecule has 0 saturated heterocycles. The molecule has 0 spiro atoms. The monoisotopic (exact) mass is 341 g/mol. The molecular weight excluding hydrogens is 314 g/mol. The molecule has 4 nitrogen and oxygen atoms in total. The average Bonchev–Trinajstić information content (AvgIpc) is 2.66. The van der Waals surface area contributed by atoms with Crippen LogP contribution in [-0.2, 0) is 17.6 Å². The fraction of sp³-hybridized carbons (Fsp3) is 0.381. The zero-order valence-electron chi connectivity index (χ0n) is 15.3. The summed E-state index contributed by atoms with van der Waals surface area (Å²) in [4.78, 5) is 13.9. The van der Waals surface area contributed by atoms with Crippen molar-refractivity contribution >= 4 is 5.91 Å². The van der Waals surface area contributed by atoms with E-state index in [4.69, 9.17) is 9.47 Å². The number of amides is 1. The van der Waals surface area contributed by atoms with Crippen molar-refractivity contribution in [1.82, 2.24) is 4.90 Å². The fourth-order valence-corrected chi connectivity index (χ4v) is 2.48. The van der Waals surface area contributed by atoms with Crippen molar-refractivity contribution in [3.8, 4) is 11.5 Å². The van der Waals surface area contributed by atoms with Crippen LogP contribution in [0.2, 0.25) is 0 Å². The number of methoxy groups -OCH3 is 1. The predicted octanol–water partition coefficient (Wildman–Crippen LogP) is 3.73. The number of hydrogen-bond donors (Lipinski definition) is 0. The molecular formula is C21H27NO3. The lowest BCUT2D eigenvalue weighted by Crippen LogP contribution is -2.31. The van der Waals surface area contributed by atoms with E-state index in [9.17, 15) is 4.79 Å². The highest BCUT2D eigenvalue weighted by atomic mass is 16.5. The molecule has 0 aromatic heterocycles. The Balaban J connectivity index is 1.70. The normalized spacial score (nSPS) is 10.4. The van der Waals surface area contributed by atoms with Crippen molar-refractivity contribution < 1.29 is 14.3 Å². The number of benzene rings is 2. The Labute approximate surface area is 150 Å². The maximum atomic E-state index is 12.2. The van der Waals surface area contributed by atoms with Crippen LogP contribution in [-0.4, -0.2) is 38.1 Å². The molecule has 0 fully saturated rings. The van der Waals surface area contributed by atoms with Gasteiger partial charge in [0.15, 0.2) is 0 Å². The molecule has 2 aromatic carbocycles. The third kappa shape index (κ3) is 6.14. The van der Waals surface area contributed by atoms with E-state index < -0.39 is 0 Å². The minimum Gasteiger partial charge on any atom is -0.497 e. The standard InChI is InChI=1S/C21H27NO3/c1-4-17-5-7-18(8-6-17)9-14-21(23)22(2)15-16-25-20-12-10-19(24-3)11-13-20/h5-8,10-13H,4,9,14-16H2,1-3H3. The number of carbonyl (C=O) groups is 1. The fourth-order valence-electron chi connectivity index (χ4n) is 2.48. The number of carbonyl (C=O) groups excluding carboxylic acids is 1. The molecule has 0 saturated carbocycles. The van der Waals surface area contributed by atoms with E-state index in [0.29, 0.717) is 19.6 Å². The van der Waals surface area contributed by atoms with Crippen molar-refractivity contribution in [2.24, 2.45) is 0 Å². The third-order valence-electron chi connectivity index (χ3n) is 4.24. The first-order valence-corrected chi connectivity index (χ1v) is 8.71. The van der Waals surface area contributed by atoms with Crippen LogP contribution < -0.4 is 9.47 Å². The van der Waals surface area contributed by atoms with E-state index in [2.05, 4.69) is 31.2 Å². The van der Waals surface area contributed by atoms with Crippen molar-refractivity contribution in [3.05, 3.63) is 59.7 Å². The lowest BCUT2D eigenvalue weighted by atomic mass is 10.1. The van der Waals surface area contributed by atoms with E-state index in [1.165, 1.54) is 11.1 Å². The molecule has 0 radical (unpaired) electrons. The van der Waals surface area contributed by atoms with Crippen LogP contribution in [0.4, 0.5) is 0 Å². The largest absolute Gasteiger partial charge is 0.497 e. The summed E-state index contributed by atoms with van der Waals surface area (Å²) in [6, 6.07) is 15.9. The Morgan fingerprint density at radius 2 is 1.56 bits per heavy atom. The zero-order valence-corrected chi connectivity index (χ0v) is 15.3. The third-order valence-corrected chi connectivity index (χ3v) is 4.24. The van der Waals surface area contributed by atoms with Crippen molar-refractivity contribution in [3.63, 3.8) is 0 Å². The SMILES string of the molecule is CCc1ccc(CCC(=O)N(C)CCOc2ccc(OC)cc2)cc1. The van der Waals surface area contributed by atoms with Gasteiger partial charge in [-0.05, 0) is 48.2 Å². The molecule has 0 heterocycles. The van der Waals surface area contributed by atoms with Crippen LogP contribution >= 0.6 is 0 Å². The number of aryl methyl sites for hydroxylation is 2. The Morgan fingerprint density at radius 1 is 0.960 bits per heavy atom. The molecule has 2 rings (SSSR count). The highest BCUT2D eigenvalue weighted by molar-refractivity contribution is 5.76. The maximum absolute atomic E-state index is 12.2. The second-order valence-corrected chi connectivity index (χ2v) is 6.01. The van der Waals surface area contributed by atoms with Gasteiger partial charge in [-0.3, -0.25) is 4.79 Å².